The van der Waals surface area contributed by atoms with Crippen molar-refractivity contribution in [2.45, 2.75) is 38.2 Å². The third-order valence-electron chi connectivity index (χ3n) is 3.94. The largest absolute Gasteiger partial charge is 0.393 e. The second-order valence-electron chi connectivity index (χ2n) is 4.71. The summed E-state index contributed by atoms with van der Waals surface area (Å²) in [4.78, 5) is 0. The molecule has 2 fully saturated rings. The first kappa shape index (κ1) is 11.3. The fraction of sp³-hybridized carbons (Fsp3) is 1.00. The zero-order chi connectivity index (χ0) is 11.1. The molecule has 1 spiro atoms. The third kappa shape index (κ3) is 2.04. The molecule has 1 heterocycles. The van der Waals surface area contributed by atoms with Gasteiger partial charge in [-0.25, -0.2) is 5.14 Å². The van der Waals surface area contributed by atoms with Crippen molar-refractivity contribution in [2.24, 2.45) is 10.6 Å². The van der Waals surface area contributed by atoms with Gasteiger partial charge in [-0.05, 0) is 31.1 Å². The minimum Gasteiger partial charge on any atom is -0.393 e. The summed E-state index contributed by atoms with van der Waals surface area (Å²) in [6.45, 7) is 0.909. The standard InChI is InChI=1S/C9H18N2O3S/c10-15(13,14)11-6-4-9(5-7-11)3-1-2-8(9)12/h8,12H,1-7H2,(H2,10,13,14)/t8-/m0/s1. The van der Waals surface area contributed by atoms with Crippen LogP contribution in [0.2, 0.25) is 0 Å². The molecule has 0 amide bonds. The van der Waals surface area contributed by atoms with E-state index in [2.05, 4.69) is 0 Å². The van der Waals surface area contributed by atoms with Crippen molar-refractivity contribution in [2.75, 3.05) is 13.1 Å². The zero-order valence-electron chi connectivity index (χ0n) is 8.72. The first-order valence-electron chi connectivity index (χ1n) is 5.40. The molecular formula is C9H18N2O3S. The molecule has 1 saturated heterocycles. The fourth-order valence-electron chi connectivity index (χ4n) is 2.89. The molecule has 1 saturated carbocycles. The van der Waals surface area contributed by atoms with Crippen LogP contribution in [-0.4, -0.2) is 37.0 Å². The van der Waals surface area contributed by atoms with E-state index in [9.17, 15) is 13.5 Å². The smallest absolute Gasteiger partial charge is 0.276 e. The summed E-state index contributed by atoms with van der Waals surface area (Å²) in [5, 5.41) is 15.0. The first-order chi connectivity index (χ1) is 6.94. The van der Waals surface area contributed by atoms with Crippen LogP contribution in [0.3, 0.4) is 0 Å². The Hall–Kier alpha value is -0.170. The van der Waals surface area contributed by atoms with Gasteiger partial charge in [-0.1, -0.05) is 6.42 Å². The fourth-order valence-corrected chi connectivity index (χ4v) is 3.58. The minimum absolute atomic E-state index is 0.0266. The molecule has 15 heavy (non-hydrogen) atoms. The van der Waals surface area contributed by atoms with Crippen LogP contribution in [0.1, 0.15) is 32.1 Å². The Bertz CT molecular complexity index is 333. The molecule has 2 aliphatic rings. The first-order valence-corrected chi connectivity index (χ1v) is 6.90. The summed E-state index contributed by atoms with van der Waals surface area (Å²) in [6.07, 6.45) is 4.16. The summed E-state index contributed by atoms with van der Waals surface area (Å²) < 4.78 is 23.5. The van der Waals surface area contributed by atoms with Crippen LogP contribution >= 0.6 is 0 Å². The Morgan fingerprint density at radius 1 is 1.27 bits per heavy atom. The Balaban J connectivity index is 2.03. The van der Waals surface area contributed by atoms with Gasteiger partial charge in [-0.2, -0.15) is 12.7 Å². The Morgan fingerprint density at radius 2 is 1.87 bits per heavy atom. The third-order valence-corrected chi connectivity index (χ3v) is 5.02. The van der Waals surface area contributed by atoms with Crippen molar-refractivity contribution in [3.05, 3.63) is 0 Å². The lowest BCUT2D eigenvalue weighted by atomic mass is 9.76. The van der Waals surface area contributed by atoms with E-state index in [0.29, 0.717) is 13.1 Å². The lowest BCUT2D eigenvalue weighted by Crippen LogP contribution is -2.48. The molecule has 1 atom stereocenters. The van der Waals surface area contributed by atoms with Gasteiger partial charge in [0.05, 0.1) is 6.10 Å². The topological polar surface area (TPSA) is 83.6 Å². The average molecular weight is 234 g/mol. The molecule has 6 heteroatoms. The predicted octanol–water partition coefficient (Wildman–Crippen LogP) is -0.183. The van der Waals surface area contributed by atoms with E-state index in [4.69, 9.17) is 5.14 Å². The van der Waals surface area contributed by atoms with Crippen LogP contribution in [0.5, 0.6) is 0 Å². The van der Waals surface area contributed by atoms with Gasteiger partial charge in [-0.3, -0.25) is 0 Å². The van der Waals surface area contributed by atoms with E-state index in [0.717, 1.165) is 32.1 Å². The van der Waals surface area contributed by atoms with Gasteiger partial charge in [0.25, 0.3) is 10.2 Å². The molecule has 1 aliphatic heterocycles. The van der Waals surface area contributed by atoms with Gasteiger partial charge >= 0.3 is 0 Å². The Kier molecular flexibility index (Phi) is 2.79. The summed E-state index contributed by atoms with van der Waals surface area (Å²) in [6, 6.07) is 0. The molecule has 3 N–H and O–H groups in total. The Labute approximate surface area is 90.4 Å². The molecule has 5 nitrogen and oxygen atoms in total. The number of hydrogen-bond donors (Lipinski definition) is 2. The molecule has 0 aromatic heterocycles. The molecule has 0 bridgehead atoms. The maximum atomic E-state index is 11.1. The van der Waals surface area contributed by atoms with Crippen molar-refractivity contribution in [1.82, 2.24) is 4.31 Å². The van der Waals surface area contributed by atoms with Crippen LogP contribution in [-0.2, 0) is 10.2 Å². The normalized spacial score (nSPS) is 32.3. The number of aliphatic hydroxyl groups is 1. The monoisotopic (exact) mass is 234 g/mol. The van der Waals surface area contributed by atoms with Crippen LogP contribution in [0, 0.1) is 5.41 Å². The summed E-state index contributed by atoms with van der Waals surface area (Å²) in [5.41, 5.74) is -0.0266. The molecule has 2 rings (SSSR count). The molecular weight excluding hydrogens is 216 g/mol. The number of piperidine rings is 1. The number of hydrogen-bond acceptors (Lipinski definition) is 3. The van der Waals surface area contributed by atoms with Gasteiger partial charge in [0.2, 0.25) is 0 Å². The molecule has 88 valence electrons. The lowest BCUT2D eigenvalue weighted by molar-refractivity contribution is 0.0150. The second-order valence-corrected chi connectivity index (χ2v) is 6.26. The van der Waals surface area contributed by atoms with Crippen LogP contribution in [0.15, 0.2) is 0 Å². The number of nitrogens with two attached hydrogens (primary N) is 1. The summed E-state index contributed by atoms with van der Waals surface area (Å²) >= 11 is 0. The van der Waals surface area contributed by atoms with Crippen LogP contribution in [0.25, 0.3) is 0 Å². The van der Waals surface area contributed by atoms with Crippen molar-refractivity contribution >= 4 is 10.2 Å². The van der Waals surface area contributed by atoms with Crippen LogP contribution < -0.4 is 5.14 Å². The molecule has 0 radical (unpaired) electrons. The summed E-state index contributed by atoms with van der Waals surface area (Å²) in [7, 11) is -3.54. The van der Waals surface area contributed by atoms with Crippen molar-refractivity contribution in [3.63, 3.8) is 0 Å². The quantitative estimate of drug-likeness (QED) is 0.660. The highest BCUT2D eigenvalue weighted by molar-refractivity contribution is 7.86. The Morgan fingerprint density at radius 3 is 2.27 bits per heavy atom. The minimum atomic E-state index is -3.54. The van der Waals surface area contributed by atoms with E-state index >= 15 is 0 Å². The summed E-state index contributed by atoms with van der Waals surface area (Å²) in [5.74, 6) is 0. The zero-order valence-corrected chi connectivity index (χ0v) is 9.54. The van der Waals surface area contributed by atoms with Gasteiger partial charge < -0.3 is 5.11 Å². The van der Waals surface area contributed by atoms with Crippen molar-refractivity contribution < 1.29 is 13.5 Å². The van der Waals surface area contributed by atoms with E-state index in [1.165, 1.54) is 4.31 Å². The van der Waals surface area contributed by atoms with Crippen LogP contribution in [0.4, 0.5) is 0 Å². The van der Waals surface area contributed by atoms with E-state index in [1.54, 1.807) is 0 Å². The van der Waals surface area contributed by atoms with Gasteiger partial charge in [0.1, 0.15) is 0 Å². The maximum absolute atomic E-state index is 11.1. The predicted molar refractivity (Wildman–Crippen MR) is 56.2 cm³/mol. The van der Waals surface area contributed by atoms with Gasteiger partial charge in [0, 0.05) is 13.1 Å². The molecule has 0 aromatic carbocycles. The van der Waals surface area contributed by atoms with E-state index in [1.807, 2.05) is 0 Å². The molecule has 0 unspecified atom stereocenters. The van der Waals surface area contributed by atoms with E-state index < -0.39 is 10.2 Å². The van der Waals surface area contributed by atoms with Crippen molar-refractivity contribution in [1.29, 1.82) is 0 Å². The number of nitrogens with zero attached hydrogens (tertiary/aromatic N) is 1. The lowest BCUT2D eigenvalue weighted by Gasteiger charge is -2.40. The van der Waals surface area contributed by atoms with Gasteiger partial charge in [0.15, 0.2) is 0 Å². The number of aliphatic hydroxyl groups excluding tert-OH is 1. The molecule has 1 aliphatic carbocycles. The van der Waals surface area contributed by atoms with E-state index in [-0.39, 0.29) is 11.5 Å². The average Bonchev–Trinajstić information content (AvgIpc) is 2.48. The highest BCUT2D eigenvalue weighted by Gasteiger charge is 2.45. The molecule has 0 aromatic rings. The highest BCUT2D eigenvalue weighted by Crippen LogP contribution is 2.46. The van der Waals surface area contributed by atoms with Gasteiger partial charge in [-0.15, -0.1) is 0 Å². The maximum Gasteiger partial charge on any atom is 0.276 e. The number of rotatable bonds is 1. The second kappa shape index (κ2) is 3.69. The van der Waals surface area contributed by atoms with Crippen molar-refractivity contribution in [3.8, 4) is 0 Å². The highest BCUT2D eigenvalue weighted by atomic mass is 32.2. The SMILES string of the molecule is NS(=O)(=O)N1CCC2(CCC[C@@H]2O)CC1.